The van der Waals surface area contributed by atoms with Crippen molar-refractivity contribution in [2.45, 2.75) is 76.3 Å². The topological polar surface area (TPSA) is 207 Å². The zero-order valence-electron chi connectivity index (χ0n) is 34.8. The van der Waals surface area contributed by atoms with Crippen molar-refractivity contribution < 1.29 is 38.2 Å². The third-order valence-corrected chi connectivity index (χ3v) is 12.0. The van der Waals surface area contributed by atoms with Crippen LogP contribution in [0.2, 0.25) is 5.02 Å². The number of nitrogens with one attached hydrogen (secondary N) is 3. The summed E-state index contributed by atoms with van der Waals surface area (Å²) < 4.78 is 20.0. The number of pyridine rings is 1. The number of carbonyl (C=O) groups excluding carboxylic acids is 5. The fraction of sp³-hybridized carbons (Fsp3) is 0.442. The minimum absolute atomic E-state index is 0.00437. The number of rotatable bonds is 13. The van der Waals surface area contributed by atoms with Gasteiger partial charge in [-0.3, -0.25) is 43.9 Å². The molecule has 0 radical (unpaired) electrons. The van der Waals surface area contributed by atoms with E-state index in [0.717, 1.165) is 36.1 Å². The summed E-state index contributed by atoms with van der Waals surface area (Å²) in [6.45, 7) is 5.99. The van der Waals surface area contributed by atoms with Crippen LogP contribution in [0.15, 0.2) is 53.5 Å². The molecule has 0 aliphatic carbocycles. The van der Waals surface area contributed by atoms with E-state index >= 15 is 0 Å². The molecule has 4 aliphatic heterocycles. The van der Waals surface area contributed by atoms with Crippen molar-refractivity contribution in [2.24, 2.45) is 0 Å². The molecule has 4 aromatic rings. The van der Waals surface area contributed by atoms with Crippen LogP contribution in [0.25, 0.3) is 10.9 Å². The summed E-state index contributed by atoms with van der Waals surface area (Å²) >= 11 is 6.58. The maximum atomic E-state index is 13.3. The van der Waals surface area contributed by atoms with Crippen LogP contribution in [-0.4, -0.2) is 125 Å². The molecule has 8 rings (SSSR count). The lowest BCUT2D eigenvalue weighted by Crippen LogP contribution is -2.54. The number of aromatic nitrogens is 3. The number of nitrogens with zero attached hydrogens (tertiary/aromatic N) is 6. The van der Waals surface area contributed by atoms with Gasteiger partial charge in [-0.25, -0.2) is 4.98 Å². The summed E-state index contributed by atoms with van der Waals surface area (Å²) in [7, 11) is 3.53. The van der Waals surface area contributed by atoms with Crippen LogP contribution < -0.4 is 35.9 Å². The van der Waals surface area contributed by atoms with Crippen LogP contribution in [0.5, 0.6) is 11.5 Å². The Kier molecular flexibility index (Phi) is 12.2. The first-order chi connectivity index (χ1) is 29.8. The second kappa shape index (κ2) is 17.7. The average Bonchev–Trinajstić information content (AvgIpc) is 3.72. The summed E-state index contributed by atoms with van der Waals surface area (Å²) in [4.78, 5) is 90.0. The predicted octanol–water partition coefficient (Wildman–Crippen LogP) is 3.43. The molecule has 3 saturated heterocycles. The quantitative estimate of drug-likeness (QED) is 0.165. The van der Waals surface area contributed by atoms with Crippen LogP contribution >= 0.6 is 11.6 Å². The smallest absolute Gasteiger partial charge is 0.293 e. The van der Waals surface area contributed by atoms with E-state index in [4.69, 9.17) is 30.8 Å². The maximum Gasteiger partial charge on any atom is 0.293 e. The van der Waals surface area contributed by atoms with E-state index in [9.17, 15) is 28.8 Å². The molecular weight excluding hydrogens is 822 g/mol. The molecule has 3 atom stereocenters. The molecular formula is C43H48ClN9O9. The monoisotopic (exact) mass is 869 g/mol. The second-order valence-electron chi connectivity index (χ2n) is 16.2. The Morgan fingerprint density at radius 2 is 1.74 bits per heavy atom. The van der Waals surface area contributed by atoms with E-state index in [0.29, 0.717) is 53.4 Å². The fourth-order valence-corrected chi connectivity index (χ4v) is 8.62. The SMILES string of the molecule is CNC(=O)COc1cc2cc(Nc3nc(N4CCC(O[C@@H]5C[C@H](COc6ccc7c(c6)C(=O)N(C6CCC(=O)NC6=O)C7=O)N(C)C5)CC4)ncc3Cl)ccc2n(C(C)C)c1=O. The fourth-order valence-electron chi connectivity index (χ4n) is 8.48. The van der Waals surface area contributed by atoms with Crippen LogP contribution in [0.3, 0.4) is 0 Å². The number of carbonyl (C=O) groups is 5. The number of piperidine rings is 2. The summed E-state index contributed by atoms with van der Waals surface area (Å²) in [6.07, 6.45) is 4.09. The van der Waals surface area contributed by atoms with Gasteiger partial charge >= 0.3 is 0 Å². The molecule has 18 nitrogen and oxygen atoms in total. The highest BCUT2D eigenvalue weighted by molar-refractivity contribution is 6.33. The van der Waals surface area contributed by atoms with Gasteiger partial charge in [0, 0.05) is 56.3 Å². The standard InChI is InChI=1S/C43H48ClN9O9/c1-23(2)52-33-8-5-25(15-24(33)16-35(42(52)59)61-22-37(55)45-3)47-38-32(44)19-46-43(49-38)51-13-11-27(12-14-51)62-29-17-26(50(4)20-29)21-60-28-6-7-30-31(18-28)41(58)53(40(30)57)34-9-10-36(54)48-39(34)56/h5-8,15-16,18-19,23,26-27,29,34H,9-14,17,20-22H2,1-4H3,(H,45,55)(H,46,47,49)(H,48,54,56)/t26-,29-,34?/m1/s1. The molecule has 19 heteroatoms. The third-order valence-electron chi connectivity index (χ3n) is 11.8. The number of ether oxygens (including phenoxy) is 3. The molecule has 2 aromatic heterocycles. The summed E-state index contributed by atoms with van der Waals surface area (Å²) in [6, 6.07) is 10.8. The van der Waals surface area contributed by atoms with Gasteiger partial charge in [-0.1, -0.05) is 11.6 Å². The second-order valence-corrected chi connectivity index (χ2v) is 16.7. The minimum atomic E-state index is -1.03. The van der Waals surface area contributed by atoms with E-state index < -0.39 is 29.7 Å². The van der Waals surface area contributed by atoms with Crippen LogP contribution in [0.4, 0.5) is 17.5 Å². The average molecular weight is 870 g/mol. The first-order valence-electron chi connectivity index (χ1n) is 20.7. The number of fused-ring (bicyclic) bond motifs is 2. The molecule has 3 fully saturated rings. The zero-order chi connectivity index (χ0) is 43.8. The van der Waals surface area contributed by atoms with E-state index in [-0.39, 0.29) is 72.1 Å². The van der Waals surface area contributed by atoms with Gasteiger partial charge in [0.05, 0.1) is 35.0 Å². The highest BCUT2D eigenvalue weighted by Gasteiger charge is 2.45. The summed E-state index contributed by atoms with van der Waals surface area (Å²) in [5, 5.41) is 9.08. The minimum Gasteiger partial charge on any atom is -0.492 e. The number of benzene rings is 2. The molecule has 0 spiro atoms. The van der Waals surface area contributed by atoms with Gasteiger partial charge in [0.25, 0.3) is 23.3 Å². The van der Waals surface area contributed by atoms with E-state index in [1.165, 1.54) is 7.05 Å². The molecule has 0 bridgehead atoms. The van der Waals surface area contributed by atoms with Crippen molar-refractivity contribution in [1.29, 1.82) is 0 Å². The Bertz CT molecular complexity index is 2510. The van der Waals surface area contributed by atoms with Crippen LogP contribution in [0.1, 0.15) is 72.7 Å². The Labute approximate surface area is 361 Å². The number of imide groups is 2. The zero-order valence-corrected chi connectivity index (χ0v) is 35.6. The van der Waals surface area contributed by atoms with E-state index in [1.54, 1.807) is 35.0 Å². The Morgan fingerprint density at radius 1 is 0.968 bits per heavy atom. The molecule has 5 amide bonds. The summed E-state index contributed by atoms with van der Waals surface area (Å²) in [5.74, 6) is -1.07. The number of likely N-dealkylation sites (tertiary alicyclic amines) is 1. The van der Waals surface area contributed by atoms with Crippen molar-refractivity contribution in [1.82, 2.24) is 35.0 Å². The van der Waals surface area contributed by atoms with E-state index in [2.05, 4.69) is 30.7 Å². The van der Waals surface area contributed by atoms with Crippen LogP contribution in [-0.2, 0) is 19.1 Å². The highest BCUT2D eigenvalue weighted by Crippen LogP contribution is 2.33. The van der Waals surface area contributed by atoms with Gasteiger partial charge in [-0.15, -0.1) is 0 Å². The van der Waals surface area contributed by atoms with Gasteiger partial charge in [-0.05, 0) is 89.0 Å². The number of hydrogen-bond acceptors (Lipinski definition) is 14. The molecule has 1 unspecified atom stereocenters. The van der Waals surface area contributed by atoms with Crippen molar-refractivity contribution in [3.05, 3.63) is 75.2 Å². The molecule has 3 N–H and O–H groups in total. The number of hydrogen-bond donors (Lipinski definition) is 3. The first-order valence-corrected chi connectivity index (χ1v) is 21.1. The molecule has 0 saturated carbocycles. The van der Waals surface area contributed by atoms with Gasteiger partial charge in [0.2, 0.25) is 17.8 Å². The first kappa shape index (κ1) is 42.6. The Balaban J connectivity index is 0.843. The van der Waals surface area contributed by atoms with Gasteiger partial charge in [0.15, 0.2) is 18.2 Å². The molecule has 326 valence electrons. The lowest BCUT2D eigenvalue weighted by Gasteiger charge is -2.33. The summed E-state index contributed by atoms with van der Waals surface area (Å²) in [5.41, 5.74) is 1.45. The van der Waals surface area contributed by atoms with Gasteiger partial charge in [0.1, 0.15) is 23.4 Å². The molecule has 2 aromatic carbocycles. The lowest BCUT2D eigenvalue weighted by molar-refractivity contribution is -0.136. The van der Waals surface area contributed by atoms with E-state index in [1.807, 2.05) is 39.1 Å². The van der Waals surface area contributed by atoms with Crippen molar-refractivity contribution in [2.75, 3.05) is 57.2 Å². The number of halogens is 1. The third kappa shape index (κ3) is 8.67. The molecule has 6 heterocycles. The Hall–Kier alpha value is -6.11. The van der Waals surface area contributed by atoms with Crippen molar-refractivity contribution in [3.8, 4) is 11.5 Å². The Morgan fingerprint density at radius 3 is 2.48 bits per heavy atom. The lowest BCUT2D eigenvalue weighted by atomic mass is 10.0. The number of anilines is 3. The number of amides is 5. The number of likely N-dealkylation sites (N-methyl/N-ethyl adjacent to an activating group) is 2. The van der Waals surface area contributed by atoms with Crippen molar-refractivity contribution >= 4 is 69.5 Å². The van der Waals surface area contributed by atoms with Gasteiger partial charge in [-0.2, -0.15) is 4.98 Å². The largest absolute Gasteiger partial charge is 0.492 e. The molecule has 4 aliphatic rings. The van der Waals surface area contributed by atoms with Gasteiger partial charge < -0.3 is 34.3 Å². The van der Waals surface area contributed by atoms with Crippen LogP contribution in [0, 0.1) is 0 Å². The predicted molar refractivity (Wildman–Crippen MR) is 228 cm³/mol. The highest BCUT2D eigenvalue weighted by atomic mass is 35.5. The maximum absolute atomic E-state index is 13.3. The normalized spacial score (nSPS) is 20.8. The van der Waals surface area contributed by atoms with Crippen molar-refractivity contribution in [3.63, 3.8) is 0 Å². The molecule has 62 heavy (non-hydrogen) atoms.